The quantitative estimate of drug-likeness (QED) is 0.118. The molecule has 42 heavy (non-hydrogen) atoms. The van der Waals surface area contributed by atoms with Gasteiger partial charge in [0.1, 0.15) is 7.11 Å². The summed E-state index contributed by atoms with van der Waals surface area (Å²) < 4.78 is 192. The van der Waals surface area contributed by atoms with E-state index in [-0.39, 0.29) is 0 Å². The Morgan fingerprint density at radius 2 is 0.714 bits per heavy atom. The van der Waals surface area contributed by atoms with Crippen molar-refractivity contribution < 1.29 is 75.8 Å². The fourth-order valence-corrected chi connectivity index (χ4v) is 215. The molecule has 0 aliphatic rings. The van der Waals surface area contributed by atoms with Gasteiger partial charge in [0.2, 0.25) is 9.28 Å². The van der Waals surface area contributed by atoms with Crippen molar-refractivity contribution >= 4 is 149 Å². The Balaban J connectivity index is 5.66. The smallest absolute Gasteiger partial charge is 0.381 e. The van der Waals surface area contributed by atoms with Gasteiger partial charge in [0.15, 0.2) is 16.9 Å². The molecular weight excluding hydrogens is 878 g/mol. The number of rotatable bonds is 19. The molecule has 0 fully saturated rings. The maximum atomic E-state index is 12.8. The van der Waals surface area contributed by atoms with Gasteiger partial charge in [-0.2, -0.15) is 0 Å². The molecule has 0 atom stereocenters. The highest BCUT2D eigenvalue weighted by atomic mass is 30.1. The summed E-state index contributed by atoms with van der Waals surface area (Å²) in [6, 6.07) is 0. The molecule has 0 aliphatic carbocycles. The van der Waals surface area contributed by atoms with E-state index in [1.165, 1.54) is 26.2 Å². The molecule has 0 heterocycles. The van der Waals surface area contributed by atoms with Crippen molar-refractivity contribution in [2.24, 2.45) is 0 Å². The Labute approximate surface area is 262 Å². The SMILES string of the molecule is C[SiH](C)O[SiH2][Si](=O)[Si](=O)[Si](=O)[Si](=O)[Si](=O)[Si](=O)[Si](=O)[Si](=O)[Si](=O)[Si](=O)[Si](=O)[Si](=O)[Si](=O)[Si](=O)[Si](=O)[Si](C)(C)[Si](C)(C)O. The van der Waals surface area contributed by atoms with Crippen LogP contribution >= 0.6 is 0 Å². The first-order valence-corrected chi connectivity index (χ1v) is 60.1. The summed E-state index contributed by atoms with van der Waals surface area (Å²) in [7, 11) is -68.2. The average Bonchev–Trinajstić information content (AvgIpc) is 2.93. The van der Waals surface area contributed by atoms with Crippen LogP contribution in [-0.2, 0) is 71.0 Å². The molecule has 0 bridgehead atoms. The van der Waals surface area contributed by atoms with Crippen LogP contribution in [0.3, 0.4) is 0 Å². The normalized spacial score (nSPS) is 11.4. The van der Waals surface area contributed by atoms with Crippen molar-refractivity contribution in [3.63, 3.8) is 0 Å². The zero-order chi connectivity index (χ0) is 33.7. The molecule has 1 N–H and O–H groups in total. The van der Waals surface area contributed by atoms with Crippen LogP contribution < -0.4 is 0 Å². The molecule has 0 amide bonds. The lowest BCUT2D eigenvalue weighted by Gasteiger charge is -2.29. The van der Waals surface area contributed by atoms with Crippen LogP contribution in [0.1, 0.15) is 0 Å². The zero-order valence-electron chi connectivity index (χ0n) is 22.8. The number of hydrogen-bond donors (Lipinski definition) is 1. The molecule has 0 spiro atoms. The molecule has 0 aromatic carbocycles. The van der Waals surface area contributed by atoms with Gasteiger partial charge in [-0.15, -0.1) is 0 Å². The van der Waals surface area contributed by atoms with E-state index < -0.39 is 149 Å². The van der Waals surface area contributed by atoms with Gasteiger partial charge in [-0.3, -0.25) is 0 Å². The minimum absolute atomic E-state index is 1.43. The first-order chi connectivity index (χ1) is 18.8. The van der Waals surface area contributed by atoms with Crippen molar-refractivity contribution in [1.29, 1.82) is 0 Å². The van der Waals surface area contributed by atoms with Crippen molar-refractivity contribution in [2.75, 3.05) is 0 Å². The van der Waals surface area contributed by atoms with Gasteiger partial charge in [0.05, 0.1) is 0 Å². The topological polar surface area (TPSA) is 286 Å². The third-order valence-electron chi connectivity index (χ3n) is 5.58. The predicted molar refractivity (Wildman–Crippen MR) is 162 cm³/mol. The van der Waals surface area contributed by atoms with Crippen LogP contribution in [0, 0.1) is 0 Å². The van der Waals surface area contributed by atoms with Gasteiger partial charge in [0, 0.05) is 0 Å². The van der Waals surface area contributed by atoms with E-state index in [0.717, 1.165) is 0 Å². The van der Waals surface area contributed by atoms with Gasteiger partial charge in [-0.1, -0.05) is 13.1 Å². The molecule has 17 nitrogen and oxygen atoms in total. The molecule has 0 aromatic rings. The minimum Gasteiger partial charge on any atom is -0.460 e. The maximum Gasteiger partial charge on any atom is 0.381 e. The van der Waals surface area contributed by atoms with E-state index >= 15 is 0 Å². The summed E-state index contributed by atoms with van der Waals surface area (Å²) >= 11 is 0. The summed E-state index contributed by atoms with van der Waals surface area (Å²) in [6.45, 7) is 9.17. The monoisotopic (exact) mass is 898 g/mol. The lowest BCUT2D eigenvalue weighted by atomic mass is 11.9. The average molecular weight is 900 g/mol. The molecule has 224 valence electrons. The van der Waals surface area contributed by atoms with E-state index in [9.17, 15) is 71.7 Å². The van der Waals surface area contributed by atoms with Crippen LogP contribution in [0.25, 0.3) is 0 Å². The first-order valence-electron chi connectivity index (χ1n) is 11.3. The Kier molecular flexibility index (Phi) is 18.3. The minimum atomic E-state index is -4.23. The maximum absolute atomic E-state index is 12.8. The molecule has 0 unspecified atom stereocenters. The first kappa shape index (κ1) is 43.0. The van der Waals surface area contributed by atoms with Crippen molar-refractivity contribution in [3.05, 3.63) is 0 Å². The largest absolute Gasteiger partial charge is 0.460 e. The van der Waals surface area contributed by atoms with Gasteiger partial charge in [-0.05, 0) is 26.2 Å². The van der Waals surface area contributed by atoms with Gasteiger partial charge < -0.3 is 75.8 Å². The highest BCUT2D eigenvalue weighted by molar-refractivity contribution is 7.83. The Morgan fingerprint density at radius 1 is 0.476 bits per heavy atom. The summed E-state index contributed by atoms with van der Waals surface area (Å²) in [5.41, 5.74) is 0. The predicted octanol–water partition coefficient (Wildman–Crippen LogP) is -6.94. The summed E-state index contributed by atoms with van der Waals surface area (Å²) in [6.07, 6.45) is 0. The second-order valence-corrected chi connectivity index (χ2v) is 108. The second kappa shape index (κ2) is 17.8. The summed E-state index contributed by atoms with van der Waals surface area (Å²) in [4.78, 5) is 10.3. The molecule has 0 aliphatic heterocycles. The lowest BCUT2D eigenvalue weighted by molar-refractivity contribution is 0.532. The molecule has 0 aromatic heterocycles. The Morgan fingerprint density at radius 3 is 0.952 bits per heavy atom. The number of hydrogen-bond acceptors (Lipinski definition) is 17. The fourth-order valence-electron chi connectivity index (χ4n) is 2.23. The molecule has 36 heteroatoms. The van der Waals surface area contributed by atoms with Gasteiger partial charge in [0.25, 0.3) is 0 Å². The van der Waals surface area contributed by atoms with E-state index in [1.807, 2.05) is 0 Å². The summed E-state index contributed by atoms with van der Waals surface area (Å²) in [5.74, 6) is 0. The van der Waals surface area contributed by atoms with E-state index in [4.69, 9.17) is 4.12 Å². The van der Waals surface area contributed by atoms with E-state index in [1.54, 1.807) is 13.1 Å². The Hall–Kier alpha value is 1.04. The highest BCUT2D eigenvalue weighted by Gasteiger charge is 2.57. The molecule has 0 rings (SSSR count). The Bertz CT molecular complexity index is 1430. The molecule has 0 saturated heterocycles. The standard InChI is InChI=1S/C6H22O17Si19/c1-25(2)23-24-26(7)27(8)28(9)29(10)30(11)31(12)32(13)33(14)34(15)35(16)36(17)37(18)38(19)39(20)40(21)42(5,6)41(3,4)22/h22,25H,24H2,1-6H3. The van der Waals surface area contributed by atoms with Gasteiger partial charge >= 0.3 is 116 Å². The third kappa shape index (κ3) is 11.1. The van der Waals surface area contributed by atoms with E-state index in [0.29, 0.717) is 0 Å². The van der Waals surface area contributed by atoms with Crippen LogP contribution in [-0.4, -0.2) is 154 Å². The third-order valence-corrected chi connectivity index (χ3v) is 159. The van der Waals surface area contributed by atoms with Crippen LogP contribution in [0.15, 0.2) is 0 Å². The highest BCUT2D eigenvalue weighted by Crippen LogP contribution is 2.16. The van der Waals surface area contributed by atoms with Crippen molar-refractivity contribution in [3.8, 4) is 0 Å². The molecular formula is C6H22O17Si19. The van der Waals surface area contributed by atoms with Crippen molar-refractivity contribution in [2.45, 2.75) is 39.3 Å². The van der Waals surface area contributed by atoms with Crippen LogP contribution in [0.4, 0.5) is 0 Å². The lowest BCUT2D eigenvalue weighted by Crippen LogP contribution is -2.67. The van der Waals surface area contributed by atoms with E-state index in [2.05, 4.69) is 0 Å². The second-order valence-electron chi connectivity index (χ2n) is 9.57. The van der Waals surface area contributed by atoms with Crippen LogP contribution in [0.5, 0.6) is 0 Å². The van der Waals surface area contributed by atoms with Gasteiger partial charge in [-0.25, -0.2) is 0 Å². The molecule has 0 saturated carbocycles. The van der Waals surface area contributed by atoms with Crippen molar-refractivity contribution in [1.82, 2.24) is 0 Å². The summed E-state index contributed by atoms with van der Waals surface area (Å²) in [5, 5.41) is 0. The zero-order valence-corrected chi connectivity index (χ0v) is 42.3. The molecule has 0 radical (unpaired) electrons. The fraction of sp³-hybridized carbons (Fsp3) is 1.00. The van der Waals surface area contributed by atoms with Crippen LogP contribution in [0.2, 0.25) is 39.3 Å².